The van der Waals surface area contributed by atoms with Gasteiger partial charge in [-0.1, -0.05) is 25.6 Å². The highest BCUT2D eigenvalue weighted by molar-refractivity contribution is 7.94. The lowest BCUT2D eigenvalue weighted by molar-refractivity contribution is 0.396. The van der Waals surface area contributed by atoms with Crippen LogP contribution in [0.5, 0.6) is 11.5 Å². The summed E-state index contributed by atoms with van der Waals surface area (Å²) in [5, 5.41) is 0. The van der Waals surface area contributed by atoms with Crippen LogP contribution in [-0.2, 0) is 10.0 Å². The minimum absolute atomic E-state index is 0.0161. The molecular formula is C12H18NO4S-. The summed E-state index contributed by atoms with van der Waals surface area (Å²) < 4.78 is 37.5. The van der Waals surface area contributed by atoms with Gasteiger partial charge in [-0.25, -0.2) is 8.42 Å². The molecule has 0 spiro atoms. The molecule has 0 aliphatic heterocycles. The van der Waals surface area contributed by atoms with E-state index >= 15 is 0 Å². The fourth-order valence-electron chi connectivity index (χ4n) is 1.47. The first-order valence-electron chi connectivity index (χ1n) is 5.55. The maximum atomic E-state index is 11.8. The molecule has 0 saturated heterocycles. The molecule has 18 heavy (non-hydrogen) atoms. The number of hydrogen-bond donors (Lipinski definition) is 0. The first-order chi connectivity index (χ1) is 8.38. The van der Waals surface area contributed by atoms with E-state index in [1.165, 1.54) is 14.2 Å². The number of hydrogen-bond acceptors (Lipinski definition) is 4. The van der Waals surface area contributed by atoms with E-state index in [-0.39, 0.29) is 11.7 Å². The molecule has 1 aromatic carbocycles. The third-order valence-electron chi connectivity index (χ3n) is 2.17. The van der Waals surface area contributed by atoms with Gasteiger partial charge in [0.2, 0.25) is 0 Å². The SMILES string of the molecule is COc1ccc([N-]S(=O)(=O)CC(C)C)c(OC)c1. The molecule has 0 atom stereocenters. The van der Waals surface area contributed by atoms with Crippen LogP contribution < -0.4 is 9.47 Å². The average Bonchev–Trinajstić information content (AvgIpc) is 2.27. The predicted molar refractivity (Wildman–Crippen MR) is 71.2 cm³/mol. The quantitative estimate of drug-likeness (QED) is 0.798. The van der Waals surface area contributed by atoms with Crippen LogP contribution in [0.25, 0.3) is 4.72 Å². The number of sulfonamides is 1. The predicted octanol–water partition coefficient (Wildman–Crippen LogP) is 2.69. The molecule has 0 heterocycles. The Morgan fingerprint density at radius 3 is 2.39 bits per heavy atom. The maximum Gasteiger partial charge on any atom is 0.122 e. The summed E-state index contributed by atoms with van der Waals surface area (Å²) in [4.78, 5) is 0. The summed E-state index contributed by atoms with van der Waals surface area (Å²) in [7, 11) is -0.492. The van der Waals surface area contributed by atoms with Gasteiger partial charge in [-0.2, -0.15) is 0 Å². The molecule has 0 saturated carbocycles. The summed E-state index contributed by atoms with van der Waals surface area (Å²) in [6.45, 7) is 3.66. The minimum atomic E-state index is -3.48. The van der Waals surface area contributed by atoms with E-state index in [4.69, 9.17) is 9.47 Å². The van der Waals surface area contributed by atoms with Crippen molar-refractivity contribution in [2.24, 2.45) is 5.92 Å². The topological polar surface area (TPSA) is 66.7 Å². The Labute approximate surface area is 108 Å². The summed E-state index contributed by atoms with van der Waals surface area (Å²) >= 11 is 0. The van der Waals surface area contributed by atoms with Gasteiger partial charge in [0.05, 0.1) is 24.2 Å². The van der Waals surface area contributed by atoms with Gasteiger partial charge in [0.15, 0.2) is 0 Å². The van der Waals surface area contributed by atoms with Crippen LogP contribution in [0.3, 0.4) is 0 Å². The fourth-order valence-corrected chi connectivity index (χ4v) is 2.84. The Bertz CT molecular complexity index is 497. The van der Waals surface area contributed by atoms with Gasteiger partial charge in [-0.05, 0) is 12.0 Å². The zero-order valence-electron chi connectivity index (χ0n) is 11.0. The van der Waals surface area contributed by atoms with Crippen molar-refractivity contribution in [2.75, 3.05) is 20.0 Å². The molecule has 6 heteroatoms. The summed E-state index contributed by atoms with van der Waals surface area (Å²) in [5.74, 6) is 1.01. The smallest absolute Gasteiger partial charge is 0.122 e. The first kappa shape index (κ1) is 14.6. The van der Waals surface area contributed by atoms with E-state index in [9.17, 15) is 8.42 Å². The largest absolute Gasteiger partial charge is 0.574 e. The van der Waals surface area contributed by atoms with Crippen molar-refractivity contribution in [1.29, 1.82) is 0 Å². The van der Waals surface area contributed by atoms with E-state index in [1.807, 2.05) is 13.8 Å². The van der Waals surface area contributed by atoms with Crippen LogP contribution in [0.4, 0.5) is 5.69 Å². The Hall–Kier alpha value is -1.43. The number of ether oxygens (including phenoxy) is 2. The molecule has 0 radical (unpaired) electrons. The molecule has 0 aliphatic rings. The third kappa shape index (κ3) is 4.10. The van der Waals surface area contributed by atoms with E-state index in [0.29, 0.717) is 17.2 Å². The Balaban J connectivity index is 2.97. The van der Waals surface area contributed by atoms with Crippen LogP contribution in [0, 0.1) is 5.92 Å². The van der Waals surface area contributed by atoms with Crippen LogP contribution in [-0.4, -0.2) is 28.4 Å². The molecule has 0 aliphatic carbocycles. The number of nitrogens with zero attached hydrogens (tertiary/aromatic N) is 1. The Morgan fingerprint density at radius 1 is 1.22 bits per heavy atom. The second-order valence-corrected chi connectivity index (χ2v) is 5.95. The third-order valence-corrected chi connectivity index (χ3v) is 3.73. The van der Waals surface area contributed by atoms with Gasteiger partial charge < -0.3 is 14.2 Å². The van der Waals surface area contributed by atoms with Crippen molar-refractivity contribution < 1.29 is 17.9 Å². The number of benzene rings is 1. The second-order valence-electron chi connectivity index (χ2n) is 4.27. The molecule has 102 valence electrons. The number of rotatable bonds is 6. The van der Waals surface area contributed by atoms with Gasteiger partial charge in [0.1, 0.15) is 11.5 Å². The van der Waals surface area contributed by atoms with Gasteiger partial charge in [-0.15, -0.1) is 0 Å². The lowest BCUT2D eigenvalue weighted by Crippen LogP contribution is -2.09. The highest BCUT2D eigenvalue weighted by atomic mass is 32.2. The standard InChI is InChI=1S/C12H18NO4S/c1-9(2)8-18(14,15)13-11-6-5-10(16-3)7-12(11)17-4/h5-7,9H,8H2,1-4H3/q-1. The monoisotopic (exact) mass is 272 g/mol. The van der Waals surface area contributed by atoms with Crippen molar-refractivity contribution in [3.05, 3.63) is 22.9 Å². The summed E-state index contributed by atoms with van der Waals surface area (Å²) in [5.41, 5.74) is 0.291. The molecule has 0 fully saturated rings. The van der Waals surface area contributed by atoms with E-state index in [2.05, 4.69) is 4.72 Å². The molecular weight excluding hydrogens is 254 g/mol. The Morgan fingerprint density at radius 2 is 1.89 bits per heavy atom. The normalized spacial score (nSPS) is 11.4. The molecule has 5 nitrogen and oxygen atoms in total. The molecule has 0 bridgehead atoms. The van der Waals surface area contributed by atoms with Crippen molar-refractivity contribution >= 4 is 15.7 Å². The minimum Gasteiger partial charge on any atom is -0.574 e. The lowest BCUT2D eigenvalue weighted by Gasteiger charge is -2.25. The van der Waals surface area contributed by atoms with Crippen LogP contribution >= 0.6 is 0 Å². The van der Waals surface area contributed by atoms with Gasteiger partial charge in [0, 0.05) is 11.8 Å². The van der Waals surface area contributed by atoms with Crippen molar-refractivity contribution in [3.63, 3.8) is 0 Å². The summed E-state index contributed by atoms with van der Waals surface area (Å²) in [6, 6.07) is 4.81. The van der Waals surface area contributed by atoms with Crippen molar-refractivity contribution in [2.45, 2.75) is 13.8 Å². The van der Waals surface area contributed by atoms with Crippen molar-refractivity contribution in [1.82, 2.24) is 0 Å². The second kappa shape index (κ2) is 5.95. The van der Waals surface area contributed by atoms with E-state index in [0.717, 1.165) is 0 Å². The van der Waals surface area contributed by atoms with Crippen LogP contribution in [0.1, 0.15) is 13.8 Å². The molecule has 0 aromatic heterocycles. The molecule has 1 rings (SSSR count). The Kier molecular flexibility index (Phi) is 4.84. The van der Waals surface area contributed by atoms with Crippen LogP contribution in [0.2, 0.25) is 0 Å². The fraction of sp³-hybridized carbons (Fsp3) is 0.500. The average molecular weight is 272 g/mol. The maximum absolute atomic E-state index is 11.8. The zero-order valence-corrected chi connectivity index (χ0v) is 11.8. The van der Waals surface area contributed by atoms with Gasteiger partial charge in [0.25, 0.3) is 0 Å². The van der Waals surface area contributed by atoms with Gasteiger partial charge >= 0.3 is 0 Å². The molecule has 1 aromatic rings. The van der Waals surface area contributed by atoms with Crippen molar-refractivity contribution in [3.8, 4) is 11.5 Å². The summed E-state index contributed by atoms with van der Waals surface area (Å²) in [6.07, 6.45) is 0. The zero-order chi connectivity index (χ0) is 13.8. The number of methoxy groups -OCH3 is 2. The molecule has 0 amide bonds. The molecule has 0 unspecified atom stereocenters. The molecule has 0 N–H and O–H groups in total. The first-order valence-corrected chi connectivity index (χ1v) is 7.16. The van der Waals surface area contributed by atoms with E-state index < -0.39 is 10.0 Å². The van der Waals surface area contributed by atoms with Gasteiger partial charge in [-0.3, -0.25) is 0 Å². The lowest BCUT2D eigenvalue weighted by atomic mass is 10.3. The van der Waals surface area contributed by atoms with Crippen LogP contribution in [0.15, 0.2) is 18.2 Å². The highest BCUT2D eigenvalue weighted by Gasteiger charge is 2.06. The van der Waals surface area contributed by atoms with E-state index in [1.54, 1.807) is 18.2 Å². The highest BCUT2D eigenvalue weighted by Crippen LogP contribution is 2.36.